The van der Waals surface area contributed by atoms with E-state index in [1.165, 1.54) is 37.9 Å². The molecule has 4 aromatic rings. The zero-order chi connectivity index (χ0) is 47.0. The van der Waals surface area contributed by atoms with Crippen LogP contribution in [-0.2, 0) is 28.6 Å². The molecule has 0 atom stereocenters. The normalized spacial score (nSPS) is 20.8. The summed E-state index contributed by atoms with van der Waals surface area (Å²) >= 11 is 1.51. The zero-order valence-electron chi connectivity index (χ0n) is 38.8. The van der Waals surface area contributed by atoms with Crippen LogP contribution in [0.15, 0.2) is 130 Å². The average Bonchev–Trinajstić information content (AvgIpc) is 4.01. The number of amides is 3. The van der Waals surface area contributed by atoms with Crippen molar-refractivity contribution in [3.63, 3.8) is 0 Å². The predicted octanol–water partition coefficient (Wildman–Crippen LogP) is 10.6. The van der Waals surface area contributed by atoms with E-state index in [4.69, 9.17) is 14.2 Å². The van der Waals surface area contributed by atoms with Crippen molar-refractivity contribution in [2.45, 2.75) is 89.2 Å². The molecule has 6 heterocycles. The number of ether oxygens (including phenoxy) is 3. The van der Waals surface area contributed by atoms with E-state index in [1.54, 1.807) is 6.92 Å². The number of hydrogen-bond acceptors (Lipinski definition) is 11. The van der Waals surface area contributed by atoms with Crippen LogP contribution in [0.4, 0.5) is 28.4 Å². The number of piperidine rings is 1. The molecule has 6 aliphatic rings. The lowest BCUT2D eigenvalue weighted by Gasteiger charge is -2.35. The van der Waals surface area contributed by atoms with Crippen molar-refractivity contribution in [3.05, 3.63) is 137 Å². The molecular weight excluding hydrogens is 877 g/mol. The number of carbonyl (C=O) groups excluding carboxylic acids is 4. The third kappa shape index (κ3) is 9.93. The Labute approximate surface area is 403 Å². The van der Waals surface area contributed by atoms with E-state index >= 15 is 0 Å². The maximum Gasteiger partial charge on any atom is 0.260 e. The molecule has 14 heteroatoms. The Morgan fingerprint density at radius 3 is 1.82 bits per heavy atom. The second-order valence-electron chi connectivity index (χ2n) is 18.3. The number of likely N-dealkylation sites (tertiary alicyclic amines) is 1. The lowest BCUT2D eigenvalue weighted by atomic mass is 10.0. The highest BCUT2D eigenvalue weighted by molar-refractivity contribution is 7.99. The second kappa shape index (κ2) is 19.4. The largest absolute Gasteiger partial charge is 0.481 e. The molecule has 0 saturated carbocycles. The van der Waals surface area contributed by atoms with Crippen LogP contribution in [0.3, 0.4) is 0 Å². The summed E-state index contributed by atoms with van der Waals surface area (Å²) in [6.45, 7) is 16.3. The van der Waals surface area contributed by atoms with Crippen LogP contribution in [0.25, 0.3) is 11.1 Å². The van der Waals surface area contributed by atoms with Gasteiger partial charge in [-0.05, 0) is 108 Å². The van der Waals surface area contributed by atoms with Gasteiger partial charge < -0.3 is 45.3 Å². The minimum absolute atomic E-state index is 0. The lowest BCUT2D eigenvalue weighted by molar-refractivity contribution is -0.114. The number of carbonyl (C=O) groups is 4. The first kappa shape index (κ1) is 47.7. The topological polar surface area (TPSA) is 151 Å². The first-order valence-electron chi connectivity index (χ1n) is 22.9. The van der Waals surface area contributed by atoms with Crippen molar-refractivity contribution in [1.82, 2.24) is 9.80 Å². The second-order valence-corrected chi connectivity index (χ2v) is 19.4. The molecule has 354 valence electrons. The van der Waals surface area contributed by atoms with Crippen molar-refractivity contribution in [2.24, 2.45) is 0 Å². The number of morpholine rings is 1. The number of benzene rings is 4. The summed E-state index contributed by atoms with van der Waals surface area (Å²) in [7, 11) is 0. The Bertz CT molecular complexity index is 2810. The molecule has 0 aromatic heterocycles. The van der Waals surface area contributed by atoms with Gasteiger partial charge in [0.05, 0.1) is 47.1 Å². The van der Waals surface area contributed by atoms with Gasteiger partial charge in [0.2, 0.25) is 5.91 Å². The van der Waals surface area contributed by atoms with E-state index in [1.807, 2.05) is 105 Å². The molecule has 6 aliphatic heterocycles. The van der Waals surface area contributed by atoms with E-state index < -0.39 is 11.2 Å². The summed E-state index contributed by atoms with van der Waals surface area (Å²) in [5.74, 6) is 0.824. The predicted molar refractivity (Wildman–Crippen MR) is 270 cm³/mol. The Morgan fingerprint density at radius 1 is 0.647 bits per heavy atom. The van der Waals surface area contributed by atoms with Gasteiger partial charge in [-0.15, -0.1) is 0 Å². The monoisotopic (exact) mass is 936 g/mol. The fraction of sp³-hybridized carbons (Fsp3) is 0.333. The SMILES string of the molecule is C.CC(=O)Nc1cccc(Nc2ccc3c(c2)NC(=O)/C3=C2\C=C(N3CCCCC3)C(C)(C)O2)c1.CC(=O)c1ccccc1Sc1ccc2c(c1)NC(=O)/C2=C1\C=C(N2CCOCC2)C(C)(C)O1. The molecule has 2 saturated heterocycles. The molecular formula is C54H60N6O7S. The Kier molecular flexibility index (Phi) is 13.6. The average molecular weight is 937 g/mol. The fourth-order valence-corrected chi connectivity index (χ4v) is 10.4. The fourth-order valence-electron chi connectivity index (χ4n) is 9.41. The van der Waals surface area contributed by atoms with Crippen LogP contribution in [0, 0.1) is 0 Å². The van der Waals surface area contributed by atoms with Crippen molar-refractivity contribution in [3.8, 4) is 0 Å². The number of rotatable bonds is 8. The highest BCUT2D eigenvalue weighted by Gasteiger charge is 2.41. The van der Waals surface area contributed by atoms with Gasteiger partial charge in [0.1, 0.15) is 22.7 Å². The molecule has 68 heavy (non-hydrogen) atoms. The maximum absolute atomic E-state index is 13.0. The van der Waals surface area contributed by atoms with Gasteiger partial charge in [-0.2, -0.15) is 0 Å². The third-order valence-electron chi connectivity index (χ3n) is 12.5. The molecule has 0 bridgehead atoms. The van der Waals surface area contributed by atoms with Crippen molar-refractivity contribution >= 4 is 74.8 Å². The number of ketones is 1. The molecule has 3 amide bonds. The van der Waals surface area contributed by atoms with E-state index in [2.05, 4.69) is 51.0 Å². The van der Waals surface area contributed by atoms with Crippen LogP contribution < -0.4 is 21.3 Å². The standard InChI is InChI=1S/C27H30N4O3.C26H26N2O4S.CH4/c1-17(32)28-18-8-7-9-19(14-18)29-20-10-11-21-22(15-20)30-26(33)25(21)23-16-24(27(2,3)34-23)31-12-5-4-6-13-31;1-16(29)18-6-4-5-7-22(18)33-17-8-9-19-20(14-17)27-25(30)24(19)21-15-23(26(2,3)32-21)28-10-12-31-13-11-28;/h7-11,14-16,29H,4-6,12-13H2,1-3H3,(H,28,32)(H,30,33);4-9,14-15H,10-13H2,1-3H3,(H,27,30);1H4/b25-23+;24-21+;. The Morgan fingerprint density at radius 2 is 1.21 bits per heavy atom. The molecule has 4 aromatic carbocycles. The van der Waals surface area contributed by atoms with Crippen LogP contribution in [0.5, 0.6) is 0 Å². The molecule has 0 radical (unpaired) electrons. The summed E-state index contributed by atoms with van der Waals surface area (Å²) < 4.78 is 18.1. The smallest absolute Gasteiger partial charge is 0.260 e. The number of fused-ring (bicyclic) bond motifs is 2. The molecule has 13 nitrogen and oxygen atoms in total. The third-order valence-corrected chi connectivity index (χ3v) is 13.6. The molecule has 0 aliphatic carbocycles. The number of anilines is 5. The van der Waals surface area contributed by atoms with Crippen LogP contribution in [0.2, 0.25) is 0 Å². The minimum atomic E-state index is -0.519. The van der Waals surface area contributed by atoms with Gasteiger partial charge in [-0.1, -0.05) is 49.5 Å². The van der Waals surface area contributed by atoms with Gasteiger partial charge in [-0.3, -0.25) is 19.2 Å². The minimum Gasteiger partial charge on any atom is -0.481 e. The van der Waals surface area contributed by atoms with Gasteiger partial charge in [-0.25, -0.2) is 0 Å². The summed E-state index contributed by atoms with van der Waals surface area (Å²) in [6, 6.07) is 26.7. The van der Waals surface area contributed by atoms with E-state index in [9.17, 15) is 19.2 Å². The van der Waals surface area contributed by atoms with Crippen molar-refractivity contribution in [1.29, 1.82) is 0 Å². The molecule has 0 unspecified atom stereocenters. The molecule has 4 N–H and O–H groups in total. The van der Waals surface area contributed by atoms with Gasteiger partial charge in [0, 0.05) is 88.8 Å². The number of hydrogen-bond donors (Lipinski definition) is 4. The first-order chi connectivity index (χ1) is 32.1. The van der Waals surface area contributed by atoms with E-state index in [-0.39, 0.29) is 30.9 Å². The number of Topliss-reactive ketones (excluding diaryl/α,β-unsaturated/α-hetero) is 1. The van der Waals surface area contributed by atoms with Gasteiger partial charge in [0.25, 0.3) is 11.8 Å². The summed E-state index contributed by atoms with van der Waals surface area (Å²) in [6.07, 6.45) is 7.69. The van der Waals surface area contributed by atoms with Crippen LogP contribution in [-0.4, -0.2) is 83.9 Å². The molecule has 0 spiro atoms. The maximum atomic E-state index is 13.0. The Hall–Kier alpha value is -6.77. The first-order valence-corrected chi connectivity index (χ1v) is 23.7. The number of nitrogens with one attached hydrogen (secondary N) is 4. The summed E-state index contributed by atoms with van der Waals surface area (Å²) in [5.41, 5.74) is 8.61. The lowest BCUT2D eigenvalue weighted by Crippen LogP contribution is -2.41. The van der Waals surface area contributed by atoms with Gasteiger partial charge >= 0.3 is 0 Å². The summed E-state index contributed by atoms with van der Waals surface area (Å²) in [5, 5.41) is 12.1. The van der Waals surface area contributed by atoms with Crippen LogP contribution in [0.1, 0.15) is 89.7 Å². The molecule has 2 fully saturated rings. The quantitative estimate of drug-likeness (QED) is 0.0987. The van der Waals surface area contributed by atoms with Crippen LogP contribution >= 0.6 is 11.8 Å². The number of allylic oxidation sites excluding steroid dienone is 2. The highest BCUT2D eigenvalue weighted by Crippen LogP contribution is 2.45. The van der Waals surface area contributed by atoms with Crippen molar-refractivity contribution in [2.75, 3.05) is 60.7 Å². The van der Waals surface area contributed by atoms with E-state index in [0.717, 1.165) is 86.9 Å². The zero-order valence-corrected chi connectivity index (χ0v) is 39.6. The molecule has 10 rings (SSSR count). The highest BCUT2D eigenvalue weighted by atomic mass is 32.2. The van der Waals surface area contributed by atoms with Crippen molar-refractivity contribution < 1.29 is 33.4 Å². The summed E-state index contributed by atoms with van der Waals surface area (Å²) in [4.78, 5) is 55.8. The Balaban J connectivity index is 0.000000181. The van der Waals surface area contributed by atoms with E-state index in [0.29, 0.717) is 41.4 Å². The number of nitrogens with zero attached hydrogens (tertiary/aromatic N) is 2. The van der Waals surface area contributed by atoms with Gasteiger partial charge in [0.15, 0.2) is 5.78 Å².